The van der Waals surface area contributed by atoms with Crippen LogP contribution in [0.2, 0.25) is 0 Å². The number of imidazole rings is 1. The molecule has 26 heavy (non-hydrogen) atoms. The number of nitrogens with one attached hydrogen (secondary N) is 2. The number of aromatic nitrogens is 2. The van der Waals surface area contributed by atoms with Crippen LogP contribution >= 0.6 is 0 Å². The number of carbonyl (C=O) groups is 1. The average Bonchev–Trinajstić information content (AvgIpc) is 2.96. The molecule has 1 fully saturated rings. The third kappa shape index (κ3) is 4.34. The molecule has 0 unspecified atom stereocenters. The summed E-state index contributed by atoms with van der Waals surface area (Å²) in [4.78, 5) is 19.1. The van der Waals surface area contributed by atoms with Crippen LogP contribution in [0.3, 0.4) is 0 Å². The first-order valence-corrected chi connectivity index (χ1v) is 9.24. The maximum absolute atomic E-state index is 12.2. The molecule has 0 bridgehead atoms. The largest absolute Gasteiger partial charge is 0.379 e. The number of para-hydroxylation sites is 2. The van der Waals surface area contributed by atoms with E-state index in [-0.39, 0.29) is 11.6 Å². The maximum Gasteiger partial charge on any atom is 0.314 e. The molecule has 2 N–H and O–H groups in total. The topological polar surface area (TPSA) is 71.4 Å². The number of fused-ring (bicyclic) bond motifs is 1. The van der Waals surface area contributed by atoms with E-state index in [1.54, 1.807) is 0 Å². The summed E-state index contributed by atoms with van der Waals surface area (Å²) >= 11 is 0. The van der Waals surface area contributed by atoms with Gasteiger partial charge < -0.3 is 19.9 Å². The number of aryl methyl sites for hydroxylation is 1. The molecule has 1 saturated heterocycles. The Balaban J connectivity index is 1.46. The van der Waals surface area contributed by atoms with Gasteiger partial charge in [0, 0.05) is 38.3 Å². The fourth-order valence-electron chi connectivity index (χ4n) is 3.40. The Morgan fingerprint density at radius 3 is 2.73 bits per heavy atom. The van der Waals surface area contributed by atoms with Crippen molar-refractivity contribution in [2.75, 3.05) is 39.4 Å². The molecule has 0 atom stereocenters. The monoisotopic (exact) mass is 359 g/mol. The van der Waals surface area contributed by atoms with Gasteiger partial charge in [-0.1, -0.05) is 12.1 Å². The van der Waals surface area contributed by atoms with Gasteiger partial charge in [-0.3, -0.25) is 4.90 Å². The summed E-state index contributed by atoms with van der Waals surface area (Å²) in [5, 5.41) is 5.94. The van der Waals surface area contributed by atoms with Crippen LogP contribution in [-0.2, 0) is 11.3 Å². The number of morpholine rings is 1. The van der Waals surface area contributed by atoms with Crippen molar-refractivity contribution in [2.45, 2.75) is 32.9 Å². The van der Waals surface area contributed by atoms with Crippen LogP contribution < -0.4 is 10.6 Å². The van der Waals surface area contributed by atoms with Crippen molar-refractivity contribution >= 4 is 17.1 Å². The molecular weight excluding hydrogens is 330 g/mol. The Bertz CT molecular complexity index is 749. The quantitative estimate of drug-likeness (QED) is 0.824. The Morgan fingerprint density at radius 1 is 1.23 bits per heavy atom. The summed E-state index contributed by atoms with van der Waals surface area (Å²) in [6.07, 6.45) is 0. The van der Waals surface area contributed by atoms with Crippen molar-refractivity contribution < 1.29 is 9.53 Å². The molecule has 1 aromatic heterocycles. The molecule has 1 aliphatic rings. The minimum Gasteiger partial charge on any atom is -0.379 e. The van der Waals surface area contributed by atoms with Crippen molar-refractivity contribution in [2.24, 2.45) is 0 Å². The van der Waals surface area contributed by atoms with Crippen LogP contribution in [0.5, 0.6) is 0 Å². The first kappa shape index (κ1) is 18.7. The van der Waals surface area contributed by atoms with E-state index in [0.717, 1.165) is 43.2 Å². The van der Waals surface area contributed by atoms with Crippen LogP contribution in [0.15, 0.2) is 24.3 Å². The number of carbonyl (C=O) groups excluding carboxylic acids is 1. The molecule has 7 nitrogen and oxygen atoms in total. The van der Waals surface area contributed by atoms with Gasteiger partial charge in [-0.05, 0) is 32.9 Å². The number of rotatable bonds is 6. The predicted octanol–water partition coefficient (Wildman–Crippen LogP) is 1.75. The van der Waals surface area contributed by atoms with Gasteiger partial charge in [0.15, 0.2) is 0 Å². The van der Waals surface area contributed by atoms with Crippen LogP contribution in [-0.4, -0.2) is 65.4 Å². The number of urea groups is 1. The van der Waals surface area contributed by atoms with Gasteiger partial charge in [0.1, 0.15) is 5.82 Å². The van der Waals surface area contributed by atoms with Crippen molar-refractivity contribution in [1.82, 2.24) is 25.1 Å². The second-order valence-electron chi connectivity index (χ2n) is 7.32. The van der Waals surface area contributed by atoms with E-state index < -0.39 is 0 Å². The molecular formula is C19H29N5O2. The molecule has 0 spiro atoms. The number of hydrogen-bond acceptors (Lipinski definition) is 4. The lowest BCUT2D eigenvalue weighted by Crippen LogP contribution is -2.56. The van der Waals surface area contributed by atoms with Crippen molar-refractivity contribution in [3.05, 3.63) is 30.1 Å². The summed E-state index contributed by atoms with van der Waals surface area (Å²) in [5.41, 5.74) is 2.00. The maximum atomic E-state index is 12.2. The number of ether oxygens (including phenoxy) is 1. The van der Waals surface area contributed by atoms with Gasteiger partial charge in [-0.15, -0.1) is 0 Å². The van der Waals surface area contributed by atoms with E-state index in [4.69, 9.17) is 4.74 Å². The normalized spacial score (nSPS) is 16.0. The minimum absolute atomic E-state index is 0.0851. The molecule has 2 aromatic rings. The molecule has 7 heteroatoms. The lowest BCUT2D eigenvalue weighted by molar-refractivity contribution is -0.00874. The summed E-state index contributed by atoms with van der Waals surface area (Å²) in [6, 6.07) is 7.93. The van der Waals surface area contributed by atoms with E-state index >= 15 is 0 Å². The lowest BCUT2D eigenvalue weighted by atomic mass is 10.0. The minimum atomic E-state index is -0.131. The molecule has 142 valence electrons. The fourth-order valence-corrected chi connectivity index (χ4v) is 3.40. The van der Waals surface area contributed by atoms with Gasteiger partial charge in [-0.25, -0.2) is 9.78 Å². The van der Waals surface area contributed by atoms with Crippen molar-refractivity contribution in [3.63, 3.8) is 0 Å². The first-order valence-electron chi connectivity index (χ1n) is 9.24. The van der Waals surface area contributed by atoms with Crippen molar-refractivity contribution in [1.29, 1.82) is 0 Å². The predicted molar refractivity (Wildman–Crippen MR) is 102 cm³/mol. The number of nitrogens with zero attached hydrogens (tertiary/aromatic N) is 3. The van der Waals surface area contributed by atoms with Crippen LogP contribution in [0, 0.1) is 6.92 Å². The van der Waals surface area contributed by atoms with Gasteiger partial charge in [0.25, 0.3) is 0 Å². The molecule has 0 aliphatic carbocycles. The Kier molecular flexibility index (Phi) is 5.78. The summed E-state index contributed by atoms with van der Waals surface area (Å²) in [7, 11) is 0. The molecule has 3 rings (SSSR count). The second-order valence-corrected chi connectivity index (χ2v) is 7.32. The van der Waals surface area contributed by atoms with E-state index in [0.29, 0.717) is 19.6 Å². The Morgan fingerprint density at radius 2 is 1.96 bits per heavy atom. The zero-order valence-electron chi connectivity index (χ0n) is 15.9. The molecule has 0 radical (unpaired) electrons. The highest BCUT2D eigenvalue weighted by Crippen LogP contribution is 2.16. The van der Waals surface area contributed by atoms with E-state index in [1.807, 2.05) is 25.1 Å². The molecule has 2 heterocycles. The summed E-state index contributed by atoms with van der Waals surface area (Å²) < 4.78 is 7.53. The van der Waals surface area contributed by atoms with Crippen LogP contribution in [0.25, 0.3) is 11.0 Å². The summed E-state index contributed by atoms with van der Waals surface area (Å²) in [6.45, 7) is 11.5. The zero-order valence-corrected chi connectivity index (χ0v) is 15.9. The third-order valence-electron chi connectivity index (χ3n) is 5.02. The molecule has 2 amide bonds. The van der Waals surface area contributed by atoms with Crippen LogP contribution in [0.4, 0.5) is 4.79 Å². The molecule has 1 aromatic carbocycles. The van der Waals surface area contributed by atoms with E-state index in [2.05, 4.69) is 45.0 Å². The smallest absolute Gasteiger partial charge is 0.314 e. The van der Waals surface area contributed by atoms with Gasteiger partial charge in [0.05, 0.1) is 24.2 Å². The zero-order chi connectivity index (χ0) is 18.6. The van der Waals surface area contributed by atoms with Crippen LogP contribution in [0.1, 0.15) is 19.7 Å². The SMILES string of the molecule is Cc1nc2ccccc2n1CCNC(=O)NCC(C)(C)N1CCOCC1. The molecule has 0 saturated carbocycles. The fraction of sp³-hybridized carbons (Fsp3) is 0.579. The Labute approximate surface area is 154 Å². The van der Waals surface area contributed by atoms with Crippen molar-refractivity contribution in [3.8, 4) is 0 Å². The number of hydrogen-bond donors (Lipinski definition) is 2. The standard InChI is InChI=1S/C19H29N5O2/c1-15-22-16-6-4-5-7-17(16)24(15)9-8-20-18(25)21-14-19(2,3)23-10-12-26-13-11-23/h4-7H,8-14H2,1-3H3,(H2,20,21,25). The van der Waals surface area contributed by atoms with Gasteiger partial charge in [0.2, 0.25) is 0 Å². The first-order chi connectivity index (χ1) is 12.5. The van der Waals surface area contributed by atoms with E-state index in [9.17, 15) is 4.79 Å². The van der Waals surface area contributed by atoms with Gasteiger partial charge >= 0.3 is 6.03 Å². The Hall–Kier alpha value is -2.12. The number of amides is 2. The second kappa shape index (κ2) is 8.05. The lowest BCUT2D eigenvalue weighted by Gasteiger charge is -2.40. The number of benzene rings is 1. The highest BCUT2D eigenvalue weighted by Gasteiger charge is 2.28. The average molecular weight is 359 g/mol. The van der Waals surface area contributed by atoms with E-state index in [1.165, 1.54) is 0 Å². The third-order valence-corrected chi connectivity index (χ3v) is 5.02. The summed E-state index contributed by atoms with van der Waals surface area (Å²) in [5.74, 6) is 0.960. The van der Waals surface area contributed by atoms with Gasteiger partial charge in [-0.2, -0.15) is 0 Å². The highest BCUT2D eigenvalue weighted by atomic mass is 16.5. The molecule has 1 aliphatic heterocycles. The highest BCUT2D eigenvalue weighted by molar-refractivity contribution is 5.76.